The second kappa shape index (κ2) is 4.97. The van der Waals surface area contributed by atoms with Gasteiger partial charge in [0.05, 0.1) is 11.2 Å². The fourth-order valence-electron chi connectivity index (χ4n) is 2.14. The molecule has 0 saturated heterocycles. The number of hydrogen-bond donors (Lipinski definition) is 1. The van der Waals surface area contributed by atoms with E-state index in [9.17, 15) is 4.39 Å². The minimum Gasteiger partial charge on any atom is -0.384 e. The van der Waals surface area contributed by atoms with Gasteiger partial charge in [-0.05, 0) is 18.2 Å². The molecule has 2 N–H and O–H groups in total. The summed E-state index contributed by atoms with van der Waals surface area (Å²) < 4.78 is 13.8. The van der Waals surface area contributed by atoms with Gasteiger partial charge in [0.25, 0.3) is 0 Å². The molecule has 3 aromatic rings. The van der Waals surface area contributed by atoms with Gasteiger partial charge in [-0.25, -0.2) is 9.37 Å². The molecular formula is C15H14FN5. The first-order valence-corrected chi connectivity index (χ1v) is 6.41. The van der Waals surface area contributed by atoms with E-state index in [1.54, 1.807) is 23.2 Å². The standard InChI is InChI=1S/C15H14FN5/c1-21(2)15-19-12(8-13(17)20-15)11-7-10(16)6-9-4-3-5-18-14(9)11/h3-8H,1-2H3,(H2,17,19,20). The van der Waals surface area contributed by atoms with Crippen molar-refractivity contribution < 1.29 is 4.39 Å². The fourth-order valence-corrected chi connectivity index (χ4v) is 2.14. The van der Waals surface area contributed by atoms with Crippen LogP contribution >= 0.6 is 0 Å². The molecule has 6 heteroatoms. The van der Waals surface area contributed by atoms with Crippen molar-refractivity contribution in [2.45, 2.75) is 0 Å². The quantitative estimate of drug-likeness (QED) is 0.782. The second-order valence-corrected chi connectivity index (χ2v) is 4.90. The van der Waals surface area contributed by atoms with Crippen molar-refractivity contribution in [1.82, 2.24) is 15.0 Å². The van der Waals surface area contributed by atoms with Crippen molar-refractivity contribution in [3.8, 4) is 11.3 Å². The third-order valence-electron chi connectivity index (χ3n) is 3.08. The lowest BCUT2D eigenvalue weighted by molar-refractivity contribution is 0.630. The van der Waals surface area contributed by atoms with Crippen LogP contribution in [0.2, 0.25) is 0 Å². The number of rotatable bonds is 2. The van der Waals surface area contributed by atoms with E-state index in [1.807, 2.05) is 20.2 Å². The van der Waals surface area contributed by atoms with Crippen molar-refractivity contribution in [3.05, 3.63) is 42.3 Å². The van der Waals surface area contributed by atoms with Gasteiger partial charge in [-0.15, -0.1) is 0 Å². The minimum absolute atomic E-state index is 0.331. The zero-order valence-electron chi connectivity index (χ0n) is 11.7. The first kappa shape index (κ1) is 13.2. The molecule has 5 nitrogen and oxygen atoms in total. The monoisotopic (exact) mass is 283 g/mol. The average Bonchev–Trinajstić information content (AvgIpc) is 2.45. The summed E-state index contributed by atoms with van der Waals surface area (Å²) in [6.07, 6.45) is 1.67. The summed E-state index contributed by atoms with van der Waals surface area (Å²) in [5.74, 6) is 0.462. The van der Waals surface area contributed by atoms with Gasteiger partial charge in [-0.1, -0.05) is 6.07 Å². The molecule has 0 aliphatic rings. The molecule has 0 aliphatic heterocycles. The summed E-state index contributed by atoms with van der Waals surface area (Å²) in [6.45, 7) is 0. The van der Waals surface area contributed by atoms with Crippen LogP contribution in [0.4, 0.5) is 16.2 Å². The van der Waals surface area contributed by atoms with E-state index < -0.39 is 0 Å². The molecule has 3 rings (SSSR count). The van der Waals surface area contributed by atoms with E-state index in [0.717, 1.165) is 5.39 Å². The number of nitrogen functional groups attached to an aromatic ring is 1. The highest BCUT2D eigenvalue weighted by molar-refractivity contribution is 5.93. The predicted molar refractivity (Wildman–Crippen MR) is 81.5 cm³/mol. The number of benzene rings is 1. The molecule has 1 aromatic carbocycles. The summed E-state index contributed by atoms with van der Waals surface area (Å²) in [5, 5.41) is 0.719. The molecule has 0 saturated carbocycles. The number of halogens is 1. The van der Waals surface area contributed by atoms with Crippen LogP contribution in [0, 0.1) is 5.82 Å². The molecule has 0 unspecified atom stereocenters. The molecular weight excluding hydrogens is 269 g/mol. The van der Waals surface area contributed by atoms with Crippen LogP contribution < -0.4 is 10.6 Å². The van der Waals surface area contributed by atoms with Crippen molar-refractivity contribution in [2.24, 2.45) is 0 Å². The van der Waals surface area contributed by atoms with Gasteiger partial charge in [0.2, 0.25) is 5.95 Å². The first-order valence-electron chi connectivity index (χ1n) is 6.41. The Bertz CT molecular complexity index is 816. The SMILES string of the molecule is CN(C)c1nc(N)cc(-c2cc(F)cc3cccnc23)n1. The highest BCUT2D eigenvalue weighted by atomic mass is 19.1. The molecule has 0 radical (unpaired) electrons. The molecule has 0 aliphatic carbocycles. The fraction of sp³-hybridized carbons (Fsp3) is 0.133. The Morgan fingerprint density at radius 2 is 1.95 bits per heavy atom. The molecule has 0 spiro atoms. The molecule has 0 atom stereocenters. The summed E-state index contributed by atoms with van der Waals surface area (Å²) in [4.78, 5) is 14.6. The van der Waals surface area contributed by atoms with Gasteiger partial charge < -0.3 is 10.6 Å². The lowest BCUT2D eigenvalue weighted by Gasteiger charge is -2.13. The zero-order chi connectivity index (χ0) is 15.0. The summed E-state index contributed by atoms with van der Waals surface area (Å²) in [5.41, 5.74) is 7.66. The van der Waals surface area contributed by atoms with Gasteiger partial charge in [0, 0.05) is 37.3 Å². The number of anilines is 2. The Morgan fingerprint density at radius 3 is 2.71 bits per heavy atom. The van der Waals surface area contributed by atoms with Crippen LogP contribution in [0.15, 0.2) is 36.5 Å². The van der Waals surface area contributed by atoms with E-state index in [2.05, 4.69) is 15.0 Å². The Balaban J connectivity index is 2.30. The normalized spacial score (nSPS) is 10.8. The van der Waals surface area contributed by atoms with Crippen molar-refractivity contribution >= 4 is 22.7 Å². The molecule has 106 valence electrons. The number of nitrogens with zero attached hydrogens (tertiary/aromatic N) is 4. The van der Waals surface area contributed by atoms with Crippen LogP contribution in [-0.2, 0) is 0 Å². The Morgan fingerprint density at radius 1 is 1.14 bits per heavy atom. The van der Waals surface area contributed by atoms with Gasteiger partial charge in [-0.2, -0.15) is 4.98 Å². The second-order valence-electron chi connectivity index (χ2n) is 4.90. The zero-order valence-corrected chi connectivity index (χ0v) is 11.7. The first-order chi connectivity index (χ1) is 10.0. The smallest absolute Gasteiger partial charge is 0.227 e. The molecule has 21 heavy (non-hydrogen) atoms. The van der Waals surface area contributed by atoms with E-state index in [1.165, 1.54) is 12.1 Å². The van der Waals surface area contributed by atoms with Crippen LogP contribution in [0.5, 0.6) is 0 Å². The van der Waals surface area contributed by atoms with Crippen LogP contribution in [-0.4, -0.2) is 29.0 Å². The van der Waals surface area contributed by atoms with Gasteiger partial charge in [-0.3, -0.25) is 4.98 Å². The van der Waals surface area contributed by atoms with Crippen molar-refractivity contribution in [1.29, 1.82) is 0 Å². The summed E-state index contributed by atoms with van der Waals surface area (Å²) in [7, 11) is 3.64. The third-order valence-corrected chi connectivity index (χ3v) is 3.08. The molecule has 0 bridgehead atoms. The molecule has 0 fully saturated rings. The van der Waals surface area contributed by atoms with Gasteiger partial charge in [0.1, 0.15) is 11.6 Å². The average molecular weight is 283 g/mol. The number of aromatic nitrogens is 3. The van der Waals surface area contributed by atoms with Crippen LogP contribution in [0.1, 0.15) is 0 Å². The van der Waals surface area contributed by atoms with Gasteiger partial charge in [0.15, 0.2) is 0 Å². The lowest BCUT2D eigenvalue weighted by Crippen LogP contribution is -2.14. The number of nitrogens with two attached hydrogens (primary N) is 1. The maximum absolute atomic E-state index is 13.8. The highest BCUT2D eigenvalue weighted by Gasteiger charge is 2.12. The number of fused-ring (bicyclic) bond motifs is 1. The Hall–Kier alpha value is -2.76. The van der Waals surface area contributed by atoms with Crippen molar-refractivity contribution in [3.63, 3.8) is 0 Å². The van der Waals surface area contributed by atoms with Crippen LogP contribution in [0.3, 0.4) is 0 Å². The van der Waals surface area contributed by atoms with E-state index in [0.29, 0.717) is 28.5 Å². The van der Waals surface area contributed by atoms with Crippen molar-refractivity contribution in [2.75, 3.05) is 24.7 Å². The van der Waals surface area contributed by atoms with E-state index >= 15 is 0 Å². The maximum atomic E-state index is 13.8. The number of hydrogen-bond acceptors (Lipinski definition) is 5. The van der Waals surface area contributed by atoms with Gasteiger partial charge >= 0.3 is 0 Å². The highest BCUT2D eigenvalue weighted by Crippen LogP contribution is 2.28. The molecule has 2 heterocycles. The maximum Gasteiger partial charge on any atom is 0.227 e. The summed E-state index contributed by atoms with van der Waals surface area (Å²) in [6, 6.07) is 8.06. The Labute approximate surface area is 121 Å². The van der Waals surface area contributed by atoms with E-state index in [-0.39, 0.29) is 5.82 Å². The molecule has 0 amide bonds. The Kier molecular flexibility index (Phi) is 3.13. The summed E-state index contributed by atoms with van der Waals surface area (Å²) >= 11 is 0. The minimum atomic E-state index is -0.339. The van der Waals surface area contributed by atoms with E-state index in [4.69, 9.17) is 5.73 Å². The predicted octanol–water partition coefficient (Wildman–Crippen LogP) is 2.48. The largest absolute Gasteiger partial charge is 0.384 e. The number of pyridine rings is 1. The topological polar surface area (TPSA) is 67.9 Å². The van der Waals surface area contributed by atoms with Crippen LogP contribution in [0.25, 0.3) is 22.2 Å². The lowest BCUT2D eigenvalue weighted by atomic mass is 10.1. The third kappa shape index (κ3) is 2.47. The molecule has 2 aromatic heterocycles.